The van der Waals surface area contributed by atoms with E-state index in [0.717, 1.165) is 24.4 Å². The fourth-order valence-corrected chi connectivity index (χ4v) is 1.50. The van der Waals surface area contributed by atoms with E-state index in [2.05, 4.69) is 10.5 Å². The van der Waals surface area contributed by atoms with E-state index in [4.69, 9.17) is 15.7 Å². The van der Waals surface area contributed by atoms with Crippen LogP contribution in [0.25, 0.3) is 0 Å². The quantitative estimate of drug-likeness (QED) is 0.232. The average molecular weight is 237 g/mol. The van der Waals surface area contributed by atoms with Gasteiger partial charge in [0, 0.05) is 13.0 Å². The van der Waals surface area contributed by atoms with Gasteiger partial charge in [-0.1, -0.05) is 11.2 Å². The number of nitrogens with two attached hydrogens (primary N) is 1. The van der Waals surface area contributed by atoms with Gasteiger partial charge in [-0.2, -0.15) is 0 Å². The summed E-state index contributed by atoms with van der Waals surface area (Å²) in [7, 11) is 1.65. The molecule has 17 heavy (non-hydrogen) atoms. The monoisotopic (exact) mass is 237 g/mol. The lowest BCUT2D eigenvalue weighted by Gasteiger charge is -2.11. The van der Waals surface area contributed by atoms with E-state index in [1.54, 1.807) is 7.11 Å². The third-order valence-corrected chi connectivity index (χ3v) is 2.41. The number of nitrogens with one attached hydrogen (secondary N) is 1. The van der Waals surface area contributed by atoms with Crippen molar-refractivity contribution in [3.8, 4) is 5.75 Å². The Balaban J connectivity index is 2.48. The maximum Gasteiger partial charge on any atom is 0.141 e. The van der Waals surface area contributed by atoms with E-state index >= 15 is 0 Å². The summed E-state index contributed by atoms with van der Waals surface area (Å²) in [5, 5.41) is 14.6. The number of anilines is 1. The van der Waals surface area contributed by atoms with Gasteiger partial charge in [0.15, 0.2) is 0 Å². The molecule has 0 heterocycles. The summed E-state index contributed by atoms with van der Waals surface area (Å²) in [6.45, 7) is 2.77. The molecule has 0 aromatic heterocycles. The summed E-state index contributed by atoms with van der Waals surface area (Å²) >= 11 is 0. The van der Waals surface area contributed by atoms with Crippen LogP contribution < -0.4 is 15.8 Å². The van der Waals surface area contributed by atoms with Crippen LogP contribution in [0.5, 0.6) is 5.75 Å². The molecule has 94 valence electrons. The van der Waals surface area contributed by atoms with E-state index in [1.807, 2.05) is 25.1 Å². The molecule has 0 spiro atoms. The summed E-state index contributed by atoms with van der Waals surface area (Å²) in [5.41, 5.74) is 7.52. The van der Waals surface area contributed by atoms with Crippen LogP contribution in [0.4, 0.5) is 5.69 Å². The van der Waals surface area contributed by atoms with Gasteiger partial charge in [0.05, 0.1) is 12.8 Å². The maximum absolute atomic E-state index is 8.39. The minimum absolute atomic E-state index is 0.253. The molecule has 0 fully saturated rings. The van der Waals surface area contributed by atoms with Crippen molar-refractivity contribution < 1.29 is 9.94 Å². The molecule has 1 rings (SSSR count). The molecule has 1 aromatic carbocycles. The van der Waals surface area contributed by atoms with Crippen LogP contribution in [-0.4, -0.2) is 24.7 Å². The first-order chi connectivity index (χ1) is 8.17. The van der Waals surface area contributed by atoms with Crippen LogP contribution in [0.15, 0.2) is 23.4 Å². The highest BCUT2D eigenvalue weighted by Gasteiger charge is 2.02. The number of nitrogens with zero attached hydrogens (tertiary/aromatic N) is 1. The molecule has 0 aliphatic heterocycles. The number of methoxy groups -OCH3 is 1. The van der Waals surface area contributed by atoms with E-state index in [1.165, 1.54) is 5.56 Å². The SMILES string of the molecule is COc1ccc(C)cc1NCCCC(N)=NO. The standard InChI is InChI=1S/C12H19N3O2/c1-9-5-6-11(17-2)10(8-9)14-7-3-4-12(13)15-16/h5-6,8,14,16H,3-4,7H2,1-2H3,(H2,13,15). The van der Waals surface area contributed by atoms with Gasteiger partial charge in [0.1, 0.15) is 11.6 Å². The second kappa shape index (κ2) is 6.62. The highest BCUT2D eigenvalue weighted by molar-refractivity contribution is 5.79. The molecular weight excluding hydrogens is 218 g/mol. The Morgan fingerprint density at radius 3 is 2.94 bits per heavy atom. The van der Waals surface area contributed by atoms with Crippen LogP contribution in [0.1, 0.15) is 18.4 Å². The molecule has 0 unspecified atom stereocenters. The number of benzene rings is 1. The van der Waals surface area contributed by atoms with Gasteiger partial charge in [0.25, 0.3) is 0 Å². The molecular formula is C12H19N3O2. The van der Waals surface area contributed by atoms with E-state index in [0.29, 0.717) is 6.42 Å². The number of oxime groups is 1. The van der Waals surface area contributed by atoms with Crippen molar-refractivity contribution in [2.24, 2.45) is 10.9 Å². The Labute approximate surface area is 101 Å². The number of ether oxygens (including phenoxy) is 1. The molecule has 0 bridgehead atoms. The molecule has 0 saturated heterocycles. The second-order valence-electron chi connectivity index (χ2n) is 3.83. The molecule has 0 saturated carbocycles. The lowest BCUT2D eigenvalue weighted by molar-refractivity contribution is 0.316. The van der Waals surface area contributed by atoms with Crippen molar-refractivity contribution in [1.29, 1.82) is 0 Å². The summed E-state index contributed by atoms with van der Waals surface area (Å²) in [6.07, 6.45) is 1.37. The fraction of sp³-hybridized carbons (Fsp3) is 0.417. The van der Waals surface area contributed by atoms with Gasteiger partial charge >= 0.3 is 0 Å². The maximum atomic E-state index is 8.39. The zero-order valence-electron chi connectivity index (χ0n) is 10.2. The Morgan fingerprint density at radius 1 is 1.53 bits per heavy atom. The first-order valence-electron chi connectivity index (χ1n) is 5.52. The lowest BCUT2D eigenvalue weighted by Crippen LogP contribution is -2.13. The van der Waals surface area contributed by atoms with E-state index in [-0.39, 0.29) is 5.84 Å². The van der Waals surface area contributed by atoms with Gasteiger partial charge in [-0.25, -0.2) is 0 Å². The van der Waals surface area contributed by atoms with Gasteiger partial charge in [-0.15, -0.1) is 0 Å². The Bertz CT molecular complexity index is 391. The first kappa shape index (κ1) is 13.2. The third kappa shape index (κ3) is 4.22. The van der Waals surface area contributed by atoms with Crippen LogP contribution in [0.3, 0.4) is 0 Å². The minimum Gasteiger partial charge on any atom is -0.495 e. The highest BCUT2D eigenvalue weighted by Crippen LogP contribution is 2.24. The number of amidine groups is 1. The summed E-state index contributed by atoms with van der Waals surface area (Å²) in [4.78, 5) is 0. The molecule has 0 amide bonds. The number of hydrogen-bond acceptors (Lipinski definition) is 4. The average Bonchev–Trinajstić information content (AvgIpc) is 2.34. The van der Waals surface area contributed by atoms with Crippen molar-refractivity contribution in [3.63, 3.8) is 0 Å². The second-order valence-corrected chi connectivity index (χ2v) is 3.83. The smallest absolute Gasteiger partial charge is 0.141 e. The molecule has 0 radical (unpaired) electrons. The van der Waals surface area contributed by atoms with E-state index in [9.17, 15) is 0 Å². The lowest BCUT2D eigenvalue weighted by atomic mass is 10.2. The predicted octanol–water partition coefficient (Wildman–Crippen LogP) is 1.94. The molecule has 4 N–H and O–H groups in total. The molecule has 0 atom stereocenters. The van der Waals surface area contributed by atoms with Crippen LogP contribution in [-0.2, 0) is 0 Å². The minimum atomic E-state index is 0.253. The van der Waals surface area contributed by atoms with Crippen molar-refractivity contribution in [2.45, 2.75) is 19.8 Å². The third-order valence-electron chi connectivity index (χ3n) is 2.41. The Kier molecular flexibility index (Phi) is 5.13. The fourth-order valence-electron chi connectivity index (χ4n) is 1.50. The normalized spacial score (nSPS) is 11.3. The Hall–Kier alpha value is -1.91. The largest absolute Gasteiger partial charge is 0.495 e. The zero-order valence-corrected chi connectivity index (χ0v) is 10.2. The molecule has 1 aromatic rings. The summed E-state index contributed by atoms with van der Waals surface area (Å²) < 4.78 is 5.25. The molecule has 0 aliphatic carbocycles. The topological polar surface area (TPSA) is 79.9 Å². The number of hydrogen-bond donors (Lipinski definition) is 3. The van der Waals surface area contributed by atoms with Crippen molar-refractivity contribution in [1.82, 2.24) is 0 Å². The van der Waals surface area contributed by atoms with E-state index < -0.39 is 0 Å². The van der Waals surface area contributed by atoms with Gasteiger partial charge < -0.3 is 21.0 Å². The zero-order chi connectivity index (χ0) is 12.7. The van der Waals surface area contributed by atoms with Gasteiger partial charge in [0.2, 0.25) is 0 Å². The number of rotatable bonds is 6. The van der Waals surface area contributed by atoms with Crippen molar-refractivity contribution >= 4 is 11.5 Å². The molecule has 5 nitrogen and oxygen atoms in total. The van der Waals surface area contributed by atoms with Crippen LogP contribution in [0, 0.1) is 6.92 Å². The van der Waals surface area contributed by atoms with Gasteiger partial charge in [-0.05, 0) is 31.0 Å². The molecule has 0 aliphatic rings. The first-order valence-corrected chi connectivity index (χ1v) is 5.52. The highest BCUT2D eigenvalue weighted by atomic mass is 16.5. The summed E-state index contributed by atoms with van der Waals surface area (Å²) in [5.74, 6) is 1.07. The van der Waals surface area contributed by atoms with Gasteiger partial charge in [-0.3, -0.25) is 0 Å². The van der Waals surface area contributed by atoms with Crippen molar-refractivity contribution in [3.05, 3.63) is 23.8 Å². The number of aryl methyl sites for hydroxylation is 1. The summed E-state index contributed by atoms with van der Waals surface area (Å²) in [6, 6.07) is 5.96. The Morgan fingerprint density at radius 2 is 2.29 bits per heavy atom. The van der Waals surface area contributed by atoms with Crippen molar-refractivity contribution in [2.75, 3.05) is 19.0 Å². The van der Waals surface area contributed by atoms with Crippen LogP contribution in [0.2, 0.25) is 0 Å². The molecule has 5 heteroatoms. The predicted molar refractivity (Wildman–Crippen MR) is 68.9 cm³/mol. The van der Waals surface area contributed by atoms with Crippen LogP contribution >= 0.6 is 0 Å².